The fourth-order valence-electron chi connectivity index (χ4n) is 1.57. The Morgan fingerprint density at radius 3 is 3.12 bits per heavy atom. The van der Waals surface area contributed by atoms with Gasteiger partial charge >= 0.3 is 0 Å². The van der Waals surface area contributed by atoms with E-state index in [1.807, 2.05) is 25.5 Å². The maximum atomic E-state index is 4.40. The summed E-state index contributed by atoms with van der Waals surface area (Å²) in [6.07, 6.45) is 6.54. The van der Waals surface area contributed by atoms with E-state index in [4.69, 9.17) is 0 Å². The highest BCUT2D eigenvalue weighted by molar-refractivity contribution is 7.14. The zero-order chi connectivity index (χ0) is 11.0. The third kappa shape index (κ3) is 2.15. The Balaban J connectivity index is 1.71. The van der Waals surface area contributed by atoms with E-state index in [0.29, 0.717) is 0 Å². The van der Waals surface area contributed by atoms with Gasteiger partial charge in [-0.05, 0) is 18.9 Å². The first-order chi connectivity index (χ1) is 7.81. The number of nitrogens with one attached hydrogen (secondary N) is 1. The lowest BCUT2D eigenvalue weighted by molar-refractivity contribution is 0.694. The number of nitrogens with zero attached hydrogens (tertiary/aromatic N) is 3. The molecule has 0 amide bonds. The van der Waals surface area contributed by atoms with E-state index in [0.717, 1.165) is 23.3 Å². The van der Waals surface area contributed by atoms with Gasteiger partial charge in [-0.3, -0.25) is 4.68 Å². The molecule has 4 nitrogen and oxygen atoms in total. The van der Waals surface area contributed by atoms with Crippen LogP contribution in [0.3, 0.4) is 0 Å². The van der Waals surface area contributed by atoms with Crippen molar-refractivity contribution in [1.82, 2.24) is 20.1 Å². The van der Waals surface area contributed by atoms with Crippen LogP contribution in [-0.4, -0.2) is 20.8 Å². The van der Waals surface area contributed by atoms with E-state index >= 15 is 0 Å². The molecule has 0 aromatic carbocycles. The Morgan fingerprint density at radius 1 is 1.56 bits per heavy atom. The van der Waals surface area contributed by atoms with Gasteiger partial charge in [0.25, 0.3) is 0 Å². The lowest BCUT2D eigenvalue weighted by Crippen LogP contribution is -2.14. The van der Waals surface area contributed by atoms with Gasteiger partial charge in [-0.2, -0.15) is 5.10 Å². The fraction of sp³-hybridized carbons (Fsp3) is 0.455. The van der Waals surface area contributed by atoms with Crippen LogP contribution in [-0.2, 0) is 13.6 Å². The predicted molar refractivity (Wildman–Crippen MR) is 64.2 cm³/mol. The van der Waals surface area contributed by atoms with Gasteiger partial charge in [0.15, 0.2) is 0 Å². The van der Waals surface area contributed by atoms with Gasteiger partial charge in [0, 0.05) is 36.9 Å². The molecule has 1 N–H and O–H groups in total. The number of rotatable bonds is 4. The molecule has 5 heteroatoms. The lowest BCUT2D eigenvalue weighted by Gasteiger charge is -1.96. The van der Waals surface area contributed by atoms with Crippen LogP contribution in [0.25, 0.3) is 10.7 Å². The molecule has 2 aromatic rings. The van der Waals surface area contributed by atoms with Crippen LogP contribution in [0.2, 0.25) is 0 Å². The van der Waals surface area contributed by atoms with Crippen molar-refractivity contribution in [3.63, 3.8) is 0 Å². The lowest BCUT2D eigenvalue weighted by atomic mass is 10.4. The van der Waals surface area contributed by atoms with E-state index in [1.54, 1.807) is 16.0 Å². The highest BCUT2D eigenvalue weighted by atomic mass is 32.1. The highest BCUT2D eigenvalue weighted by Gasteiger charge is 2.20. The normalized spacial score (nSPS) is 15.6. The SMILES string of the molecule is Cn1ccc(-c2ncc(CNC3CC3)s2)n1. The second kappa shape index (κ2) is 3.99. The van der Waals surface area contributed by atoms with Crippen molar-refractivity contribution in [3.05, 3.63) is 23.3 Å². The quantitative estimate of drug-likeness (QED) is 0.877. The molecule has 84 valence electrons. The van der Waals surface area contributed by atoms with Crippen LogP contribution >= 0.6 is 11.3 Å². The second-order valence-electron chi connectivity index (χ2n) is 4.16. The number of thiazole rings is 1. The molecular formula is C11H14N4S. The van der Waals surface area contributed by atoms with Crippen molar-refractivity contribution in [2.45, 2.75) is 25.4 Å². The van der Waals surface area contributed by atoms with Crippen LogP contribution in [0.1, 0.15) is 17.7 Å². The molecule has 1 saturated carbocycles. The minimum absolute atomic E-state index is 0.750. The van der Waals surface area contributed by atoms with Gasteiger partial charge in [-0.1, -0.05) is 0 Å². The number of aromatic nitrogens is 3. The van der Waals surface area contributed by atoms with Gasteiger partial charge in [0.05, 0.1) is 0 Å². The zero-order valence-corrected chi connectivity index (χ0v) is 10.00. The van der Waals surface area contributed by atoms with E-state index in [1.165, 1.54) is 17.7 Å². The summed E-state index contributed by atoms with van der Waals surface area (Å²) in [5.74, 6) is 0. The van der Waals surface area contributed by atoms with Crippen LogP contribution in [0.15, 0.2) is 18.5 Å². The number of aryl methyl sites for hydroxylation is 1. The van der Waals surface area contributed by atoms with E-state index in [9.17, 15) is 0 Å². The Kier molecular flexibility index (Phi) is 2.49. The summed E-state index contributed by atoms with van der Waals surface area (Å²) in [5, 5.41) is 8.84. The average Bonchev–Trinajstić information content (AvgIpc) is 2.81. The van der Waals surface area contributed by atoms with Crippen molar-refractivity contribution in [1.29, 1.82) is 0 Å². The first-order valence-electron chi connectivity index (χ1n) is 5.49. The first-order valence-corrected chi connectivity index (χ1v) is 6.31. The molecular weight excluding hydrogens is 220 g/mol. The van der Waals surface area contributed by atoms with Crippen molar-refractivity contribution in [3.8, 4) is 10.7 Å². The van der Waals surface area contributed by atoms with Gasteiger partial charge in [-0.25, -0.2) is 4.98 Å². The molecule has 0 bridgehead atoms. The Morgan fingerprint density at radius 2 is 2.44 bits per heavy atom. The van der Waals surface area contributed by atoms with Crippen LogP contribution < -0.4 is 5.32 Å². The van der Waals surface area contributed by atoms with Crippen LogP contribution in [0.5, 0.6) is 0 Å². The smallest absolute Gasteiger partial charge is 0.143 e. The summed E-state index contributed by atoms with van der Waals surface area (Å²) in [6.45, 7) is 0.940. The Bertz CT molecular complexity index is 484. The summed E-state index contributed by atoms with van der Waals surface area (Å²) in [7, 11) is 1.92. The molecule has 1 aliphatic carbocycles. The summed E-state index contributed by atoms with van der Waals surface area (Å²) in [6, 6.07) is 2.75. The topological polar surface area (TPSA) is 42.7 Å². The van der Waals surface area contributed by atoms with Crippen molar-refractivity contribution in [2.24, 2.45) is 7.05 Å². The molecule has 0 atom stereocenters. The van der Waals surface area contributed by atoms with Gasteiger partial charge in [-0.15, -0.1) is 11.3 Å². The Labute approximate surface area is 98.3 Å². The zero-order valence-electron chi connectivity index (χ0n) is 9.18. The van der Waals surface area contributed by atoms with Crippen molar-refractivity contribution in [2.75, 3.05) is 0 Å². The van der Waals surface area contributed by atoms with E-state index in [2.05, 4.69) is 15.4 Å². The molecule has 0 radical (unpaired) electrons. The van der Waals surface area contributed by atoms with Crippen LogP contribution in [0, 0.1) is 0 Å². The monoisotopic (exact) mass is 234 g/mol. The fourth-order valence-corrected chi connectivity index (χ4v) is 2.40. The Hall–Kier alpha value is -1.20. The van der Waals surface area contributed by atoms with Gasteiger partial charge in [0.2, 0.25) is 0 Å². The third-order valence-corrected chi connectivity index (χ3v) is 3.65. The third-order valence-electron chi connectivity index (χ3n) is 2.63. The molecule has 1 fully saturated rings. The highest BCUT2D eigenvalue weighted by Crippen LogP contribution is 2.25. The average molecular weight is 234 g/mol. The first kappa shape index (κ1) is 9.99. The predicted octanol–water partition coefficient (Wildman–Crippen LogP) is 1.80. The van der Waals surface area contributed by atoms with Crippen LogP contribution in [0.4, 0.5) is 0 Å². The minimum Gasteiger partial charge on any atom is -0.309 e. The molecule has 0 saturated heterocycles. The second-order valence-corrected chi connectivity index (χ2v) is 5.28. The van der Waals surface area contributed by atoms with E-state index in [-0.39, 0.29) is 0 Å². The summed E-state index contributed by atoms with van der Waals surface area (Å²) < 4.78 is 1.80. The van der Waals surface area contributed by atoms with Crippen molar-refractivity contribution < 1.29 is 0 Å². The molecule has 0 unspecified atom stereocenters. The van der Waals surface area contributed by atoms with Crippen molar-refractivity contribution >= 4 is 11.3 Å². The summed E-state index contributed by atoms with van der Waals surface area (Å²) >= 11 is 1.72. The number of hydrogen-bond acceptors (Lipinski definition) is 4. The largest absolute Gasteiger partial charge is 0.309 e. The maximum Gasteiger partial charge on any atom is 0.143 e. The number of hydrogen-bond donors (Lipinski definition) is 1. The molecule has 0 aliphatic heterocycles. The summed E-state index contributed by atoms with van der Waals surface area (Å²) in [5.41, 5.74) is 0.963. The molecule has 3 rings (SSSR count). The minimum atomic E-state index is 0.750. The van der Waals surface area contributed by atoms with Gasteiger partial charge in [0.1, 0.15) is 10.7 Å². The van der Waals surface area contributed by atoms with E-state index < -0.39 is 0 Å². The molecule has 2 heterocycles. The molecule has 1 aliphatic rings. The van der Waals surface area contributed by atoms with Gasteiger partial charge < -0.3 is 5.32 Å². The standard InChI is InChI=1S/C11H14N4S/c1-15-5-4-10(14-15)11-13-7-9(16-11)6-12-8-2-3-8/h4-5,7-8,12H,2-3,6H2,1H3. The molecule has 0 spiro atoms. The maximum absolute atomic E-state index is 4.40. The molecule has 2 aromatic heterocycles. The molecule has 16 heavy (non-hydrogen) atoms. The summed E-state index contributed by atoms with van der Waals surface area (Å²) in [4.78, 5) is 5.69.